The van der Waals surface area contributed by atoms with Crippen molar-refractivity contribution in [1.82, 2.24) is 9.78 Å². The molecule has 0 fully saturated rings. The van der Waals surface area contributed by atoms with Gasteiger partial charge in [0.1, 0.15) is 24.1 Å². The Morgan fingerprint density at radius 2 is 1.90 bits per heavy atom. The molecule has 2 aromatic carbocycles. The van der Waals surface area contributed by atoms with E-state index in [4.69, 9.17) is 9.47 Å². The fourth-order valence-corrected chi connectivity index (χ4v) is 2.89. The Hall–Kier alpha value is -3.92. The van der Waals surface area contributed by atoms with Gasteiger partial charge in [-0.2, -0.15) is 10.4 Å². The molecule has 0 unspecified atom stereocenters. The van der Waals surface area contributed by atoms with E-state index < -0.39 is 5.91 Å². The number of allylic oxidation sites excluding steroid dienone is 1. The molecule has 6 nitrogen and oxygen atoms in total. The molecular formula is C23H20FN3O3. The summed E-state index contributed by atoms with van der Waals surface area (Å²) in [5, 5.41) is 13.6. The van der Waals surface area contributed by atoms with Crippen LogP contribution in [0.2, 0.25) is 0 Å². The molecule has 7 heteroatoms. The summed E-state index contributed by atoms with van der Waals surface area (Å²) >= 11 is 0. The molecular weight excluding hydrogens is 385 g/mol. The van der Waals surface area contributed by atoms with Gasteiger partial charge in [0.15, 0.2) is 11.5 Å². The van der Waals surface area contributed by atoms with Gasteiger partial charge < -0.3 is 9.47 Å². The first-order chi connectivity index (χ1) is 14.4. The van der Waals surface area contributed by atoms with Crippen molar-refractivity contribution in [3.63, 3.8) is 0 Å². The predicted octanol–water partition coefficient (Wildman–Crippen LogP) is 4.47. The van der Waals surface area contributed by atoms with Gasteiger partial charge in [-0.1, -0.05) is 18.2 Å². The third-order valence-electron chi connectivity index (χ3n) is 4.36. The number of carbonyl (C=O) groups excluding carboxylic acids is 1. The molecule has 0 radical (unpaired) electrons. The summed E-state index contributed by atoms with van der Waals surface area (Å²) in [5.41, 5.74) is 2.71. The highest BCUT2D eigenvalue weighted by Gasteiger charge is 2.16. The monoisotopic (exact) mass is 405 g/mol. The molecule has 152 valence electrons. The number of ether oxygens (including phenoxy) is 2. The SMILES string of the molecule is COc1cc(/C=C(\C#N)C(=O)n2nc(C)cc2C)ccc1OCc1ccc(F)cc1. The fourth-order valence-electron chi connectivity index (χ4n) is 2.89. The molecule has 1 heterocycles. The topological polar surface area (TPSA) is 77.1 Å². The number of nitriles is 1. The number of hydrogen-bond donors (Lipinski definition) is 0. The van der Waals surface area contributed by atoms with Crippen LogP contribution in [0.5, 0.6) is 11.5 Å². The smallest absolute Gasteiger partial charge is 0.289 e. The van der Waals surface area contributed by atoms with Gasteiger partial charge in [-0.3, -0.25) is 4.79 Å². The highest BCUT2D eigenvalue weighted by atomic mass is 19.1. The van der Waals surface area contributed by atoms with E-state index in [1.54, 1.807) is 50.2 Å². The van der Waals surface area contributed by atoms with Gasteiger partial charge >= 0.3 is 0 Å². The number of aromatic nitrogens is 2. The third-order valence-corrected chi connectivity index (χ3v) is 4.36. The zero-order valence-electron chi connectivity index (χ0n) is 16.8. The van der Waals surface area contributed by atoms with E-state index in [0.717, 1.165) is 5.56 Å². The van der Waals surface area contributed by atoms with Crippen LogP contribution in [-0.2, 0) is 6.61 Å². The van der Waals surface area contributed by atoms with Crippen LogP contribution in [0.25, 0.3) is 6.08 Å². The number of aryl methyl sites for hydroxylation is 2. The maximum absolute atomic E-state index is 13.0. The molecule has 0 bridgehead atoms. The Morgan fingerprint density at radius 3 is 2.50 bits per heavy atom. The Bertz CT molecular complexity index is 1140. The van der Waals surface area contributed by atoms with Crippen LogP contribution in [0.4, 0.5) is 4.39 Å². The van der Waals surface area contributed by atoms with Crippen molar-refractivity contribution in [1.29, 1.82) is 5.26 Å². The lowest BCUT2D eigenvalue weighted by atomic mass is 10.1. The van der Waals surface area contributed by atoms with Crippen LogP contribution >= 0.6 is 0 Å². The summed E-state index contributed by atoms with van der Waals surface area (Å²) in [6.45, 7) is 3.77. The second-order valence-corrected chi connectivity index (χ2v) is 6.64. The molecule has 0 saturated heterocycles. The van der Waals surface area contributed by atoms with Crippen molar-refractivity contribution in [3.05, 3.63) is 82.4 Å². The summed E-state index contributed by atoms with van der Waals surface area (Å²) in [4.78, 5) is 12.6. The molecule has 30 heavy (non-hydrogen) atoms. The van der Waals surface area contributed by atoms with E-state index in [-0.39, 0.29) is 18.0 Å². The Kier molecular flexibility index (Phi) is 6.28. The maximum atomic E-state index is 13.0. The summed E-state index contributed by atoms with van der Waals surface area (Å²) < 4.78 is 25.4. The van der Waals surface area contributed by atoms with Crippen molar-refractivity contribution in [2.45, 2.75) is 20.5 Å². The van der Waals surface area contributed by atoms with Gasteiger partial charge in [-0.25, -0.2) is 9.07 Å². The summed E-state index contributed by atoms with van der Waals surface area (Å²) in [5.74, 6) is 0.124. The summed E-state index contributed by atoms with van der Waals surface area (Å²) in [6, 6.07) is 14.8. The van der Waals surface area contributed by atoms with Crippen molar-refractivity contribution >= 4 is 12.0 Å². The number of hydrogen-bond acceptors (Lipinski definition) is 5. The quantitative estimate of drug-likeness (QED) is 0.447. The molecule has 3 aromatic rings. The van der Waals surface area contributed by atoms with Crippen molar-refractivity contribution in [3.8, 4) is 17.6 Å². The average Bonchev–Trinajstić information content (AvgIpc) is 3.09. The molecule has 0 amide bonds. The lowest BCUT2D eigenvalue weighted by Crippen LogP contribution is -2.15. The van der Waals surface area contributed by atoms with E-state index in [1.165, 1.54) is 30.0 Å². The first-order valence-corrected chi connectivity index (χ1v) is 9.16. The van der Waals surface area contributed by atoms with Gasteiger partial charge in [0.25, 0.3) is 5.91 Å². The Balaban J connectivity index is 1.82. The van der Waals surface area contributed by atoms with Crippen LogP contribution in [0.15, 0.2) is 54.1 Å². The summed E-state index contributed by atoms with van der Waals surface area (Å²) in [7, 11) is 1.50. The molecule has 0 spiro atoms. The second kappa shape index (κ2) is 9.05. The number of rotatable bonds is 6. The summed E-state index contributed by atoms with van der Waals surface area (Å²) in [6.07, 6.45) is 1.48. The molecule has 0 N–H and O–H groups in total. The molecule has 0 saturated carbocycles. The van der Waals surface area contributed by atoms with E-state index in [2.05, 4.69) is 5.10 Å². The molecule has 0 aliphatic carbocycles. The van der Waals surface area contributed by atoms with E-state index in [9.17, 15) is 14.4 Å². The van der Waals surface area contributed by atoms with Gasteiger partial charge in [0.2, 0.25) is 0 Å². The highest BCUT2D eigenvalue weighted by Crippen LogP contribution is 2.30. The van der Waals surface area contributed by atoms with E-state index >= 15 is 0 Å². The van der Waals surface area contributed by atoms with Crippen molar-refractivity contribution in [2.75, 3.05) is 7.11 Å². The zero-order valence-corrected chi connectivity index (χ0v) is 16.8. The van der Waals surface area contributed by atoms with Crippen LogP contribution in [0.3, 0.4) is 0 Å². The number of methoxy groups -OCH3 is 1. The number of halogens is 1. The number of benzene rings is 2. The van der Waals surface area contributed by atoms with Crippen LogP contribution in [-0.4, -0.2) is 22.8 Å². The normalized spacial score (nSPS) is 11.1. The van der Waals surface area contributed by atoms with Crippen LogP contribution < -0.4 is 9.47 Å². The Morgan fingerprint density at radius 1 is 1.17 bits per heavy atom. The zero-order chi connectivity index (χ0) is 21.7. The standard InChI is InChI=1S/C23H20FN3O3/c1-15-10-16(2)27(26-15)23(28)19(13-25)11-18-6-9-21(22(12-18)29-3)30-14-17-4-7-20(24)8-5-17/h4-12H,14H2,1-3H3/b19-11+. The van der Waals surface area contributed by atoms with Crippen LogP contribution in [0, 0.1) is 31.0 Å². The lowest BCUT2D eigenvalue weighted by Gasteiger charge is -2.11. The van der Waals surface area contributed by atoms with Gasteiger partial charge in [0.05, 0.1) is 12.8 Å². The van der Waals surface area contributed by atoms with Gasteiger partial charge in [-0.05, 0) is 61.4 Å². The Labute approximate surface area is 173 Å². The molecule has 3 rings (SSSR count). The minimum Gasteiger partial charge on any atom is -0.493 e. The number of nitrogens with zero attached hydrogens (tertiary/aromatic N) is 3. The predicted molar refractivity (Wildman–Crippen MR) is 110 cm³/mol. The maximum Gasteiger partial charge on any atom is 0.289 e. The second-order valence-electron chi connectivity index (χ2n) is 6.64. The third kappa shape index (κ3) is 4.73. The molecule has 0 atom stereocenters. The molecule has 0 aliphatic rings. The van der Waals surface area contributed by atoms with E-state index in [0.29, 0.717) is 28.5 Å². The average molecular weight is 405 g/mol. The van der Waals surface area contributed by atoms with Gasteiger partial charge in [0, 0.05) is 5.69 Å². The van der Waals surface area contributed by atoms with Crippen molar-refractivity contribution < 1.29 is 18.7 Å². The van der Waals surface area contributed by atoms with Gasteiger partial charge in [-0.15, -0.1) is 0 Å². The fraction of sp³-hybridized carbons (Fsp3) is 0.174. The first-order valence-electron chi connectivity index (χ1n) is 9.16. The minimum atomic E-state index is -0.501. The van der Waals surface area contributed by atoms with Crippen LogP contribution in [0.1, 0.15) is 27.3 Å². The van der Waals surface area contributed by atoms with E-state index in [1.807, 2.05) is 6.07 Å². The van der Waals surface area contributed by atoms with Crippen molar-refractivity contribution in [2.24, 2.45) is 0 Å². The molecule has 1 aromatic heterocycles. The largest absolute Gasteiger partial charge is 0.493 e. The number of carbonyl (C=O) groups is 1. The molecule has 0 aliphatic heterocycles. The lowest BCUT2D eigenvalue weighted by molar-refractivity contribution is 0.0943. The highest BCUT2D eigenvalue weighted by molar-refractivity contribution is 6.03. The minimum absolute atomic E-state index is 0.0526. The first kappa shape index (κ1) is 20.8.